The van der Waals surface area contributed by atoms with E-state index in [-0.39, 0.29) is 5.54 Å². The molecule has 1 aromatic carbocycles. The SMILES string of the molecule is COc1ccccc1N1CC(C)(C2CC2)NCC1C. The predicted octanol–water partition coefficient (Wildman–Crippen LogP) is 2.66. The number of piperazine rings is 1. The first kappa shape index (κ1) is 12.8. The number of nitrogens with one attached hydrogen (secondary N) is 1. The minimum absolute atomic E-state index is 0.257. The average Bonchev–Trinajstić information content (AvgIpc) is 3.27. The first-order chi connectivity index (χ1) is 9.14. The average molecular weight is 260 g/mol. The van der Waals surface area contributed by atoms with Gasteiger partial charge < -0.3 is 15.0 Å². The third-order valence-corrected chi connectivity index (χ3v) is 4.71. The molecular weight excluding hydrogens is 236 g/mol. The highest BCUT2D eigenvalue weighted by atomic mass is 16.5. The van der Waals surface area contributed by atoms with E-state index in [1.165, 1.54) is 18.5 Å². The van der Waals surface area contributed by atoms with Gasteiger partial charge in [-0.25, -0.2) is 0 Å². The van der Waals surface area contributed by atoms with Crippen LogP contribution < -0.4 is 15.0 Å². The summed E-state index contributed by atoms with van der Waals surface area (Å²) >= 11 is 0. The highest BCUT2D eigenvalue weighted by Crippen LogP contribution is 2.43. The highest BCUT2D eigenvalue weighted by molar-refractivity contribution is 5.59. The van der Waals surface area contributed by atoms with Crippen LogP contribution >= 0.6 is 0 Å². The van der Waals surface area contributed by atoms with Gasteiger partial charge >= 0.3 is 0 Å². The quantitative estimate of drug-likeness (QED) is 0.904. The van der Waals surface area contributed by atoms with Gasteiger partial charge in [0.25, 0.3) is 0 Å². The lowest BCUT2D eigenvalue weighted by molar-refractivity contribution is 0.259. The molecule has 1 saturated heterocycles. The number of methoxy groups -OCH3 is 1. The molecule has 3 nitrogen and oxygen atoms in total. The Morgan fingerprint density at radius 2 is 2.05 bits per heavy atom. The van der Waals surface area contributed by atoms with E-state index in [1.54, 1.807) is 7.11 Å². The van der Waals surface area contributed by atoms with E-state index >= 15 is 0 Å². The number of hydrogen-bond donors (Lipinski definition) is 1. The maximum absolute atomic E-state index is 5.53. The molecule has 0 amide bonds. The second-order valence-electron chi connectivity index (χ2n) is 6.22. The molecule has 1 saturated carbocycles. The van der Waals surface area contributed by atoms with Gasteiger partial charge in [0.05, 0.1) is 12.8 Å². The zero-order chi connectivity index (χ0) is 13.5. The second kappa shape index (κ2) is 4.71. The summed E-state index contributed by atoms with van der Waals surface area (Å²) in [6, 6.07) is 8.87. The predicted molar refractivity (Wildman–Crippen MR) is 78.9 cm³/mol. The lowest BCUT2D eigenvalue weighted by Crippen LogP contribution is -2.63. The lowest BCUT2D eigenvalue weighted by Gasteiger charge is -2.47. The molecule has 0 aromatic heterocycles. The molecule has 0 radical (unpaired) electrons. The Hall–Kier alpha value is -1.22. The fourth-order valence-electron chi connectivity index (χ4n) is 3.24. The van der Waals surface area contributed by atoms with Gasteiger partial charge in [-0.15, -0.1) is 0 Å². The van der Waals surface area contributed by atoms with E-state index < -0.39 is 0 Å². The van der Waals surface area contributed by atoms with Gasteiger partial charge in [-0.3, -0.25) is 0 Å². The zero-order valence-corrected chi connectivity index (χ0v) is 12.1. The normalized spacial score (nSPS) is 31.3. The van der Waals surface area contributed by atoms with Crippen LogP contribution in [0.4, 0.5) is 5.69 Å². The van der Waals surface area contributed by atoms with E-state index in [2.05, 4.69) is 42.3 Å². The Bertz CT molecular complexity index is 458. The Morgan fingerprint density at radius 3 is 2.74 bits per heavy atom. The molecule has 1 heterocycles. The summed E-state index contributed by atoms with van der Waals surface area (Å²) in [6.07, 6.45) is 2.75. The molecule has 1 aliphatic heterocycles. The number of para-hydroxylation sites is 2. The molecule has 2 unspecified atom stereocenters. The maximum Gasteiger partial charge on any atom is 0.142 e. The molecule has 3 rings (SSSR count). The lowest BCUT2D eigenvalue weighted by atomic mass is 9.91. The minimum atomic E-state index is 0.257. The molecule has 1 aromatic rings. The molecule has 3 heteroatoms. The van der Waals surface area contributed by atoms with Crippen molar-refractivity contribution in [1.29, 1.82) is 0 Å². The van der Waals surface area contributed by atoms with Crippen LogP contribution in [0, 0.1) is 5.92 Å². The van der Waals surface area contributed by atoms with Crippen molar-refractivity contribution in [2.75, 3.05) is 25.1 Å². The summed E-state index contributed by atoms with van der Waals surface area (Å²) in [5.41, 5.74) is 1.48. The van der Waals surface area contributed by atoms with E-state index in [4.69, 9.17) is 4.74 Å². The number of ether oxygens (including phenoxy) is 1. The molecule has 2 atom stereocenters. The van der Waals surface area contributed by atoms with Crippen LogP contribution in [0.5, 0.6) is 5.75 Å². The number of hydrogen-bond acceptors (Lipinski definition) is 3. The van der Waals surface area contributed by atoms with Crippen LogP contribution in [0.3, 0.4) is 0 Å². The summed E-state index contributed by atoms with van der Waals surface area (Å²) in [5, 5.41) is 3.76. The second-order valence-corrected chi connectivity index (χ2v) is 6.22. The van der Waals surface area contributed by atoms with Crippen molar-refractivity contribution in [3.05, 3.63) is 24.3 Å². The van der Waals surface area contributed by atoms with Crippen molar-refractivity contribution in [2.24, 2.45) is 5.92 Å². The molecule has 0 bridgehead atoms. The van der Waals surface area contributed by atoms with Gasteiger partial charge in [0.15, 0.2) is 0 Å². The maximum atomic E-state index is 5.53. The summed E-state index contributed by atoms with van der Waals surface area (Å²) in [4.78, 5) is 2.51. The van der Waals surface area contributed by atoms with Crippen molar-refractivity contribution in [2.45, 2.75) is 38.3 Å². The number of anilines is 1. The first-order valence-electron chi connectivity index (χ1n) is 7.29. The smallest absolute Gasteiger partial charge is 0.142 e. The zero-order valence-electron chi connectivity index (χ0n) is 12.1. The van der Waals surface area contributed by atoms with Crippen LogP contribution in [0.15, 0.2) is 24.3 Å². The van der Waals surface area contributed by atoms with E-state index in [0.717, 1.165) is 24.8 Å². The Balaban J connectivity index is 1.88. The molecular formula is C16H24N2O. The van der Waals surface area contributed by atoms with Crippen LogP contribution in [0.1, 0.15) is 26.7 Å². The number of nitrogens with zero attached hydrogens (tertiary/aromatic N) is 1. The van der Waals surface area contributed by atoms with Crippen molar-refractivity contribution in [3.8, 4) is 5.75 Å². The van der Waals surface area contributed by atoms with Crippen molar-refractivity contribution in [1.82, 2.24) is 5.32 Å². The molecule has 1 N–H and O–H groups in total. The van der Waals surface area contributed by atoms with Gasteiger partial charge in [-0.2, -0.15) is 0 Å². The highest BCUT2D eigenvalue weighted by Gasteiger charge is 2.45. The fourth-order valence-corrected chi connectivity index (χ4v) is 3.24. The van der Waals surface area contributed by atoms with Crippen LogP contribution in [-0.2, 0) is 0 Å². The van der Waals surface area contributed by atoms with Crippen LogP contribution in [0.2, 0.25) is 0 Å². The van der Waals surface area contributed by atoms with E-state index in [0.29, 0.717) is 6.04 Å². The van der Waals surface area contributed by atoms with Gasteiger partial charge in [-0.1, -0.05) is 12.1 Å². The van der Waals surface area contributed by atoms with Gasteiger partial charge in [0.1, 0.15) is 5.75 Å². The van der Waals surface area contributed by atoms with Gasteiger partial charge in [0, 0.05) is 24.7 Å². The van der Waals surface area contributed by atoms with Crippen molar-refractivity contribution < 1.29 is 4.74 Å². The largest absolute Gasteiger partial charge is 0.495 e. The van der Waals surface area contributed by atoms with Crippen LogP contribution in [0.25, 0.3) is 0 Å². The Kier molecular flexibility index (Phi) is 3.17. The summed E-state index contributed by atoms with van der Waals surface area (Å²) < 4.78 is 5.53. The summed E-state index contributed by atoms with van der Waals surface area (Å²) in [6.45, 7) is 6.77. The summed E-state index contributed by atoms with van der Waals surface area (Å²) in [7, 11) is 1.76. The monoisotopic (exact) mass is 260 g/mol. The van der Waals surface area contributed by atoms with Crippen molar-refractivity contribution >= 4 is 5.69 Å². The molecule has 19 heavy (non-hydrogen) atoms. The Labute approximate surface area is 115 Å². The topological polar surface area (TPSA) is 24.5 Å². The molecule has 2 fully saturated rings. The number of benzene rings is 1. The van der Waals surface area contributed by atoms with Gasteiger partial charge in [-0.05, 0) is 44.7 Å². The fraction of sp³-hybridized carbons (Fsp3) is 0.625. The first-order valence-corrected chi connectivity index (χ1v) is 7.29. The third-order valence-electron chi connectivity index (χ3n) is 4.71. The molecule has 0 spiro atoms. The van der Waals surface area contributed by atoms with Crippen LogP contribution in [-0.4, -0.2) is 31.8 Å². The van der Waals surface area contributed by atoms with Crippen molar-refractivity contribution in [3.63, 3.8) is 0 Å². The molecule has 1 aliphatic carbocycles. The number of rotatable bonds is 3. The molecule has 104 valence electrons. The van der Waals surface area contributed by atoms with E-state index in [9.17, 15) is 0 Å². The minimum Gasteiger partial charge on any atom is -0.495 e. The summed E-state index contributed by atoms with van der Waals surface area (Å²) in [5.74, 6) is 1.83. The van der Waals surface area contributed by atoms with E-state index in [1.807, 2.05) is 6.07 Å². The Morgan fingerprint density at radius 1 is 1.32 bits per heavy atom. The van der Waals surface area contributed by atoms with Gasteiger partial charge in [0.2, 0.25) is 0 Å². The molecule has 2 aliphatic rings. The third kappa shape index (κ3) is 2.32. The standard InChI is InChI=1S/C16H24N2O/c1-12-10-17-16(2,13-8-9-13)11-18(12)14-6-4-5-7-15(14)19-3/h4-7,12-13,17H,8-11H2,1-3H3.